The predicted molar refractivity (Wildman–Crippen MR) is 87.0 cm³/mol. The summed E-state index contributed by atoms with van der Waals surface area (Å²) in [6, 6.07) is 4.25. The van der Waals surface area contributed by atoms with Crippen molar-refractivity contribution in [2.45, 2.75) is 39.9 Å². The minimum Gasteiger partial charge on any atom is -0.372 e. The summed E-state index contributed by atoms with van der Waals surface area (Å²) in [5.74, 6) is 1.03. The normalized spacial score (nSPS) is 22.6. The first-order chi connectivity index (χ1) is 10.0. The second-order valence-corrected chi connectivity index (χ2v) is 6.92. The molecule has 21 heavy (non-hydrogen) atoms. The van der Waals surface area contributed by atoms with Crippen LogP contribution in [-0.4, -0.2) is 35.3 Å². The van der Waals surface area contributed by atoms with Gasteiger partial charge in [0.15, 0.2) is 0 Å². The largest absolute Gasteiger partial charge is 0.372 e. The van der Waals surface area contributed by atoms with Crippen molar-refractivity contribution in [3.63, 3.8) is 0 Å². The van der Waals surface area contributed by atoms with Crippen molar-refractivity contribution in [1.82, 2.24) is 9.97 Å². The molecule has 1 aliphatic heterocycles. The fourth-order valence-electron chi connectivity index (χ4n) is 2.87. The number of anilines is 1. The fourth-order valence-corrected chi connectivity index (χ4v) is 3.78. The first-order valence-electron chi connectivity index (χ1n) is 7.34. The lowest BCUT2D eigenvalue weighted by Crippen LogP contribution is -2.45. The Labute approximate surface area is 129 Å². The molecule has 0 N–H and O–H groups in total. The molecule has 1 saturated heterocycles. The van der Waals surface area contributed by atoms with Crippen molar-refractivity contribution in [2.75, 3.05) is 18.0 Å². The highest BCUT2D eigenvalue weighted by Crippen LogP contribution is 2.30. The Bertz CT molecular complexity index is 613. The van der Waals surface area contributed by atoms with Gasteiger partial charge in [-0.2, -0.15) is 0 Å². The van der Waals surface area contributed by atoms with Crippen LogP contribution in [-0.2, 0) is 4.74 Å². The van der Waals surface area contributed by atoms with E-state index < -0.39 is 0 Å². The Morgan fingerprint density at radius 1 is 1.19 bits per heavy atom. The highest BCUT2D eigenvalue weighted by atomic mass is 32.1. The standard InChI is InChI=1S/C16H21N3OS/c1-10-8-19(9-11(2)20-10)15-6-5-14(7-17-15)16-12(3)18-13(4)21-16/h5-7,10-11H,8-9H2,1-4H3/t10-,11+. The van der Waals surface area contributed by atoms with E-state index in [9.17, 15) is 0 Å². The quantitative estimate of drug-likeness (QED) is 0.852. The summed E-state index contributed by atoms with van der Waals surface area (Å²) in [6.07, 6.45) is 2.46. The average molecular weight is 303 g/mol. The molecule has 1 aliphatic rings. The summed E-state index contributed by atoms with van der Waals surface area (Å²) < 4.78 is 5.77. The minimum atomic E-state index is 0.251. The van der Waals surface area contributed by atoms with Gasteiger partial charge in [-0.1, -0.05) is 0 Å². The molecule has 2 aromatic rings. The van der Waals surface area contributed by atoms with Crippen LogP contribution in [0.15, 0.2) is 18.3 Å². The van der Waals surface area contributed by atoms with Crippen molar-refractivity contribution in [3.05, 3.63) is 29.0 Å². The van der Waals surface area contributed by atoms with Gasteiger partial charge in [0.1, 0.15) is 5.82 Å². The van der Waals surface area contributed by atoms with E-state index in [0.717, 1.165) is 35.2 Å². The van der Waals surface area contributed by atoms with Crippen molar-refractivity contribution in [2.24, 2.45) is 0 Å². The zero-order valence-corrected chi connectivity index (χ0v) is 13.8. The lowest BCUT2D eigenvalue weighted by molar-refractivity contribution is -0.00545. The van der Waals surface area contributed by atoms with E-state index in [1.54, 1.807) is 11.3 Å². The molecular weight excluding hydrogens is 282 g/mol. The van der Waals surface area contributed by atoms with E-state index in [1.807, 2.05) is 13.1 Å². The monoisotopic (exact) mass is 303 g/mol. The topological polar surface area (TPSA) is 38.2 Å². The second-order valence-electron chi connectivity index (χ2n) is 5.71. The maximum atomic E-state index is 5.77. The summed E-state index contributed by atoms with van der Waals surface area (Å²) in [5, 5.41) is 1.10. The van der Waals surface area contributed by atoms with E-state index in [1.165, 1.54) is 4.88 Å². The van der Waals surface area contributed by atoms with Crippen LogP contribution in [0.25, 0.3) is 10.4 Å². The summed E-state index contributed by atoms with van der Waals surface area (Å²) in [5.41, 5.74) is 2.23. The Morgan fingerprint density at radius 2 is 1.90 bits per heavy atom. The molecular formula is C16H21N3OS. The van der Waals surface area contributed by atoms with Crippen molar-refractivity contribution < 1.29 is 4.74 Å². The van der Waals surface area contributed by atoms with Crippen LogP contribution in [0.3, 0.4) is 0 Å². The van der Waals surface area contributed by atoms with Gasteiger partial charge in [0.25, 0.3) is 0 Å². The zero-order valence-electron chi connectivity index (χ0n) is 13.0. The molecule has 0 unspecified atom stereocenters. The molecule has 2 atom stereocenters. The molecule has 0 spiro atoms. The number of pyridine rings is 1. The third-order valence-electron chi connectivity index (χ3n) is 3.66. The molecule has 0 saturated carbocycles. The van der Waals surface area contributed by atoms with E-state index in [-0.39, 0.29) is 12.2 Å². The lowest BCUT2D eigenvalue weighted by atomic mass is 10.2. The molecule has 4 nitrogen and oxygen atoms in total. The van der Waals surface area contributed by atoms with Gasteiger partial charge in [0.2, 0.25) is 0 Å². The van der Waals surface area contributed by atoms with Crippen LogP contribution >= 0.6 is 11.3 Å². The van der Waals surface area contributed by atoms with Gasteiger partial charge in [-0.05, 0) is 39.8 Å². The van der Waals surface area contributed by atoms with E-state index in [2.05, 4.69) is 47.8 Å². The van der Waals surface area contributed by atoms with E-state index in [0.29, 0.717) is 0 Å². The summed E-state index contributed by atoms with van der Waals surface area (Å²) in [6.45, 7) is 10.1. The molecule has 3 rings (SSSR count). The van der Waals surface area contributed by atoms with Crippen molar-refractivity contribution in [3.8, 4) is 10.4 Å². The van der Waals surface area contributed by atoms with Crippen LogP contribution in [0.5, 0.6) is 0 Å². The first kappa shape index (κ1) is 14.5. The predicted octanol–water partition coefficient (Wildman–Crippen LogP) is 3.44. The van der Waals surface area contributed by atoms with Crippen LogP contribution in [0.1, 0.15) is 24.5 Å². The van der Waals surface area contributed by atoms with Crippen LogP contribution in [0, 0.1) is 13.8 Å². The molecule has 112 valence electrons. The molecule has 0 aliphatic carbocycles. The number of aryl methyl sites for hydroxylation is 2. The maximum absolute atomic E-state index is 5.77. The highest BCUT2D eigenvalue weighted by Gasteiger charge is 2.23. The molecule has 3 heterocycles. The molecule has 5 heteroatoms. The van der Waals surface area contributed by atoms with Gasteiger partial charge >= 0.3 is 0 Å². The number of morpholine rings is 1. The average Bonchev–Trinajstić information content (AvgIpc) is 2.77. The first-order valence-corrected chi connectivity index (χ1v) is 8.15. The van der Waals surface area contributed by atoms with Gasteiger partial charge in [-0.15, -0.1) is 11.3 Å². The molecule has 0 aromatic carbocycles. The minimum absolute atomic E-state index is 0.251. The number of ether oxygens (including phenoxy) is 1. The molecule has 1 fully saturated rings. The van der Waals surface area contributed by atoms with Gasteiger partial charge in [-0.25, -0.2) is 9.97 Å². The second kappa shape index (κ2) is 5.73. The molecule has 0 amide bonds. The lowest BCUT2D eigenvalue weighted by Gasteiger charge is -2.36. The third-order valence-corrected chi connectivity index (χ3v) is 4.78. The number of rotatable bonds is 2. The summed E-state index contributed by atoms with van der Waals surface area (Å²) in [4.78, 5) is 12.6. The number of hydrogen-bond acceptors (Lipinski definition) is 5. The molecule has 0 radical (unpaired) electrons. The van der Waals surface area contributed by atoms with Crippen LogP contribution < -0.4 is 4.90 Å². The van der Waals surface area contributed by atoms with Crippen molar-refractivity contribution >= 4 is 17.2 Å². The SMILES string of the molecule is Cc1nc(C)c(-c2ccc(N3C[C@@H](C)O[C@@H](C)C3)nc2)s1. The Morgan fingerprint density at radius 3 is 2.43 bits per heavy atom. The van der Waals surface area contributed by atoms with E-state index in [4.69, 9.17) is 4.74 Å². The summed E-state index contributed by atoms with van der Waals surface area (Å²) >= 11 is 1.72. The maximum Gasteiger partial charge on any atom is 0.128 e. The Balaban J connectivity index is 1.82. The number of aromatic nitrogens is 2. The fraction of sp³-hybridized carbons (Fsp3) is 0.500. The Hall–Kier alpha value is -1.46. The highest BCUT2D eigenvalue weighted by molar-refractivity contribution is 7.15. The zero-order chi connectivity index (χ0) is 15.0. The van der Waals surface area contributed by atoms with Gasteiger partial charge in [0.05, 0.1) is 27.8 Å². The van der Waals surface area contributed by atoms with Crippen LogP contribution in [0.4, 0.5) is 5.82 Å². The van der Waals surface area contributed by atoms with E-state index >= 15 is 0 Å². The third kappa shape index (κ3) is 3.09. The number of nitrogens with zero attached hydrogens (tertiary/aromatic N) is 3. The van der Waals surface area contributed by atoms with Gasteiger partial charge in [-0.3, -0.25) is 0 Å². The molecule has 0 bridgehead atoms. The summed E-state index contributed by atoms with van der Waals surface area (Å²) in [7, 11) is 0. The van der Waals surface area contributed by atoms with Crippen LogP contribution in [0.2, 0.25) is 0 Å². The van der Waals surface area contributed by atoms with Crippen molar-refractivity contribution in [1.29, 1.82) is 0 Å². The number of hydrogen-bond donors (Lipinski definition) is 0. The Kier molecular flexibility index (Phi) is 3.95. The van der Waals surface area contributed by atoms with Gasteiger partial charge < -0.3 is 9.64 Å². The number of thiazole rings is 1. The van der Waals surface area contributed by atoms with Gasteiger partial charge in [0, 0.05) is 24.8 Å². The smallest absolute Gasteiger partial charge is 0.128 e. The molecule has 2 aromatic heterocycles.